The smallest absolute Gasteiger partial charge is 0.253 e. The molecule has 3 heterocycles. The summed E-state index contributed by atoms with van der Waals surface area (Å²) in [5, 5.41) is 0. The molecule has 1 aromatic carbocycles. The van der Waals surface area contributed by atoms with Crippen molar-refractivity contribution in [3.05, 3.63) is 29.6 Å². The minimum atomic E-state index is -0.504. The Balaban J connectivity index is 1.38. The van der Waals surface area contributed by atoms with E-state index >= 15 is 0 Å². The molecule has 1 aromatic rings. The SMILES string of the molecule is COc1ccc(C(=O)N2CCC(N3CC(OC)C34CCOCC4)CC2)cc1F. The topological polar surface area (TPSA) is 51.2 Å². The van der Waals surface area contributed by atoms with Crippen molar-refractivity contribution >= 4 is 5.91 Å². The summed E-state index contributed by atoms with van der Waals surface area (Å²) in [6.07, 6.45) is 4.16. The number of halogens is 1. The van der Waals surface area contributed by atoms with Gasteiger partial charge < -0.3 is 19.1 Å². The predicted octanol–water partition coefficient (Wildman–Crippen LogP) is 2.32. The number of carbonyl (C=O) groups excluding carboxylic acids is 1. The standard InChI is InChI=1S/C21H29FN2O4/c1-26-18-4-3-15(13-17(18)22)20(25)23-9-5-16(6-10-23)24-14-19(27-2)21(24)7-11-28-12-8-21/h3-4,13,16,19H,5-12,14H2,1-2H3. The highest BCUT2D eigenvalue weighted by Crippen LogP contribution is 2.44. The van der Waals surface area contributed by atoms with Crippen molar-refractivity contribution in [2.45, 2.75) is 43.4 Å². The molecule has 3 aliphatic rings. The first-order valence-corrected chi connectivity index (χ1v) is 10.1. The maximum atomic E-state index is 13.9. The van der Waals surface area contributed by atoms with Gasteiger partial charge in [-0.3, -0.25) is 9.69 Å². The monoisotopic (exact) mass is 392 g/mol. The zero-order valence-electron chi connectivity index (χ0n) is 16.7. The van der Waals surface area contributed by atoms with Crippen LogP contribution in [0.25, 0.3) is 0 Å². The zero-order chi connectivity index (χ0) is 19.7. The van der Waals surface area contributed by atoms with Crippen LogP contribution in [0.4, 0.5) is 4.39 Å². The van der Waals surface area contributed by atoms with E-state index < -0.39 is 5.82 Å². The molecular weight excluding hydrogens is 363 g/mol. The van der Waals surface area contributed by atoms with Gasteiger partial charge in [0.15, 0.2) is 11.6 Å². The first kappa shape index (κ1) is 19.6. The van der Waals surface area contributed by atoms with Gasteiger partial charge in [-0.05, 0) is 43.9 Å². The van der Waals surface area contributed by atoms with E-state index in [9.17, 15) is 9.18 Å². The fourth-order valence-corrected chi connectivity index (χ4v) is 5.11. The first-order valence-electron chi connectivity index (χ1n) is 10.1. The summed E-state index contributed by atoms with van der Waals surface area (Å²) in [6.45, 7) is 3.92. The van der Waals surface area contributed by atoms with Crippen LogP contribution in [0.3, 0.4) is 0 Å². The van der Waals surface area contributed by atoms with Crippen molar-refractivity contribution in [2.75, 3.05) is 47.1 Å². The fraction of sp³-hybridized carbons (Fsp3) is 0.667. The molecule has 6 nitrogen and oxygen atoms in total. The lowest BCUT2D eigenvalue weighted by Gasteiger charge is -2.63. The molecule has 0 N–H and O–H groups in total. The minimum Gasteiger partial charge on any atom is -0.494 e. The van der Waals surface area contributed by atoms with E-state index in [-0.39, 0.29) is 23.3 Å². The summed E-state index contributed by atoms with van der Waals surface area (Å²) in [5.41, 5.74) is 0.476. The summed E-state index contributed by atoms with van der Waals surface area (Å²) in [6, 6.07) is 4.87. The van der Waals surface area contributed by atoms with Gasteiger partial charge >= 0.3 is 0 Å². The molecule has 3 fully saturated rings. The van der Waals surface area contributed by atoms with Crippen LogP contribution in [0, 0.1) is 5.82 Å². The van der Waals surface area contributed by atoms with Gasteiger partial charge in [0.2, 0.25) is 0 Å². The third kappa shape index (κ3) is 3.29. The van der Waals surface area contributed by atoms with E-state index in [1.54, 1.807) is 13.2 Å². The molecule has 1 spiro atoms. The number of methoxy groups -OCH3 is 2. The minimum absolute atomic E-state index is 0.100. The molecule has 1 unspecified atom stereocenters. The van der Waals surface area contributed by atoms with Crippen LogP contribution >= 0.6 is 0 Å². The van der Waals surface area contributed by atoms with Gasteiger partial charge in [-0.25, -0.2) is 4.39 Å². The average Bonchev–Trinajstić information content (AvgIpc) is 2.74. The molecule has 0 aromatic heterocycles. The van der Waals surface area contributed by atoms with Gasteiger partial charge in [-0.2, -0.15) is 0 Å². The Kier molecular flexibility index (Phi) is 5.58. The number of amides is 1. The van der Waals surface area contributed by atoms with Crippen molar-refractivity contribution in [3.63, 3.8) is 0 Å². The van der Waals surface area contributed by atoms with E-state index in [0.29, 0.717) is 24.7 Å². The van der Waals surface area contributed by atoms with Gasteiger partial charge in [0.25, 0.3) is 5.91 Å². The number of nitrogens with zero attached hydrogens (tertiary/aromatic N) is 2. The Morgan fingerprint density at radius 1 is 1.21 bits per heavy atom. The van der Waals surface area contributed by atoms with E-state index in [4.69, 9.17) is 14.2 Å². The molecule has 3 aliphatic heterocycles. The van der Waals surface area contributed by atoms with Crippen LogP contribution in [0.5, 0.6) is 5.75 Å². The van der Waals surface area contributed by atoms with Gasteiger partial charge in [0.1, 0.15) is 0 Å². The van der Waals surface area contributed by atoms with Crippen molar-refractivity contribution in [3.8, 4) is 5.75 Å². The van der Waals surface area contributed by atoms with Gasteiger partial charge in [0.05, 0.1) is 18.8 Å². The lowest BCUT2D eigenvalue weighted by molar-refractivity contribution is -0.207. The molecule has 0 radical (unpaired) electrons. The summed E-state index contributed by atoms with van der Waals surface area (Å²) < 4.78 is 30.2. The molecule has 1 atom stereocenters. The zero-order valence-corrected chi connectivity index (χ0v) is 16.7. The molecule has 0 bridgehead atoms. The second kappa shape index (κ2) is 7.97. The molecule has 0 aliphatic carbocycles. The second-order valence-electron chi connectivity index (χ2n) is 7.97. The molecule has 7 heteroatoms. The molecule has 154 valence electrons. The number of hydrogen-bond donors (Lipinski definition) is 0. The Bertz CT molecular complexity index is 714. The summed E-state index contributed by atoms with van der Waals surface area (Å²) >= 11 is 0. The normalized spacial score (nSPS) is 25.5. The van der Waals surface area contributed by atoms with E-state index in [2.05, 4.69) is 4.90 Å². The molecule has 3 saturated heterocycles. The van der Waals surface area contributed by atoms with Crippen LogP contribution in [0.1, 0.15) is 36.0 Å². The fourth-order valence-electron chi connectivity index (χ4n) is 5.11. The number of likely N-dealkylation sites (tertiary alicyclic amines) is 2. The largest absolute Gasteiger partial charge is 0.494 e. The predicted molar refractivity (Wildman–Crippen MR) is 102 cm³/mol. The number of rotatable bonds is 4. The molecular formula is C21H29FN2O4. The highest BCUT2D eigenvalue weighted by atomic mass is 19.1. The maximum absolute atomic E-state index is 13.9. The Hall–Kier alpha value is -1.70. The number of carbonyl (C=O) groups is 1. The van der Waals surface area contributed by atoms with Crippen LogP contribution in [-0.2, 0) is 9.47 Å². The maximum Gasteiger partial charge on any atom is 0.253 e. The molecule has 28 heavy (non-hydrogen) atoms. The lowest BCUT2D eigenvalue weighted by Crippen LogP contribution is -2.75. The summed E-state index contributed by atoms with van der Waals surface area (Å²) in [7, 11) is 3.22. The average molecular weight is 392 g/mol. The van der Waals surface area contributed by atoms with Crippen LogP contribution in [0.15, 0.2) is 18.2 Å². The molecule has 1 amide bonds. The number of ether oxygens (including phenoxy) is 3. The number of benzene rings is 1. The van der Waals surface area contributed by atoms with Gasteiger partial charge in [-0.1, -0.05) is 0 Å². The Morgan fingerprint density at radius 3 is 2.54 bits per heavy atom. The first-order chi connectivity index (χ1) is 13.6. The highest BCUT2D eigenvalue weighted by Gasteiger charge is 2.56. The van der Waals surface area contributed by atoms with Crippen molar-refractivity contribution in [1.82, 2.24) is 9.80 Å². The Labute approximate surface area is 165 Å². The molecule has 4 rings (SSSR count). The third-order valence-corrected chi connectivity index (χ3v) is 6.77. The Morgan fingerprint density at radius 2 is 1.93 bits per heavy atom. The van der Waals surface area contributed by atoms with Gasteiger partial charge in [0, 0.05) is 51.6 Å². The quantitative estimate of drug-likeness (QED) is 0.787. The number of piperidine rings is 1. The van der Waals surface area contributed by atoms with Crippen LogP contribution in [0.2, 0.25) is 0 Å². The molecule has 0 saturated carbocycles. The van der Waals surface area contributed by atoms with Crippen molar-refractivity contribution in [2.24, 2.45) is 0 Å². The second-order valence-corrected chi connectivity index (χ2v) is 7.97. The summed E-state index contributed by atoms with van der Waals surface area (Å²) in [5.74, 6) is -0.461. The van der Waals surface area contributed by atoms with Crippen molar-refractivity contribution < 1.29 is 23.4 Å². The van der Waals surface area contributed by atoms with E-state index in [1.807, 2.05) is 4.90 Å². The van der Waals surface area contributed by atoms with Crippen LogP contribution in [-0.4, -0.2) is 80.5 Å². The van der Waals surface area contributed by atoms with E-state index in [1.165, 1.54) is 19.2 Å². The third-order valence-electron chi connectivity index (χ3n) is 6.77. The van der Waals surface area contributed by atoms with Crippen LogP contribution < -0.4 is 4.74 Å². The number of hydrogen-bond acceptors (Lipinski definition) is 5. The highest BCUT2D eigenvalue weighted by molar-refractivity contribution is 5.94. The summed E-state index contributed by atoms with van der Waals surface area (Å²) in [4.78, 5) is 17.2. The lowest BCUT2D eigenvalue weighted by atomic mass is 9.73. The van der Waals surface area contributed by atoms with Gasteiger partial charge in [-0.15, -0.1) is 0 Å². The van der Waals surface area contributed by atoms with Crippen molar-refractivity contribution in [1.29, 1.82) is 0 Å². The van der Waals surface area contributed by atoms with E-state index in [0.717, 1.165) is 45.4 Å².